The van der Waals surface area contributed by atoms with E-state index in [0.717, 1.165) is 0 Å². The summed E-state index contributed by atoms with van der Waals surface area (Å²) in [4.78, 5) is 11.5. The van der Waals surface area contributed by atoms with Gasteiger partial charge in [0.25, 0.3) is 0 Å². The minimum absolute atomic E-state index is 0.0480. The van der Waals surface area contributed by atoms with Gasteiger partial charge in [0, 0.05) is 0 Å². The van der Waals surface area contributed by atoms with Gasteiger partial charge in [-0.05, 0) is 11.6 Å². The van der Waals surface area contributed by atoms with Gasteiger partial charge < -0.3 is 14.6 Å². The van der Waals surface area contributed by atoms with Crippen LogP contribution < -0.4 is 4.74 Å². The molecular weight excluding hydrogens is 210 g/mol. The lowest BCUT2D eigenvalue weighted by atomic mass is 10.0. The summed E-state index contributed by atoms with van der Waals surface area (Å²) >= 11 is 0. The fourth-order valence-corrected chi connectivity index (χ4v) is 1.37. The molecule has 1 aromatic rings. The smallest absolute Gasteiger partial charge is 0.339 e. The molecule has 84 valence electrons. The summed E-state index contributed by atoms with van der Waals surface area (Å²) in [5, 5.41) is 18.1. The first-order valence-corrected chi connectivity index (χ1v) is 4.48. The van der Waals surface area contributed by atoms with Crippen molar-refractivity contribution in [3.63, 3.8) is 0 Å². The zero-order valence-corrected chi connectivity index (χ0v) is 8.98. The van der Waals surface area contributed by atoms with Crippen LogP contribution in [0.1, 0.15) is 21.5 Å². The fourth-order valence-electron chi connectivity index (χ4n) is 1.37. The van der Waals surface area contributed by atoms with Crippen LogP contribution in [0.15, 0.2) is 12.1 Å². The number of methoxy groups -OCH3 is 2. The highest BCUT2D eigenvalue weighted by molar-refractivity contribution is 5.94. The second-order valence-corrected chi connectivity index (χ2v) is 2.94. The van der Waals surface area contributed by atoms with Crippen molar-refractivity contribution in [2.75, 3.05) is 14.2 Å². The maximum atomic E-state index is 11.5. The van der Waals surface area contributed by atoms with E-state index in [1.807, 2.05) is 6.07 Å². The van der Waals surface area contributed by atoms with Gasteiger partial charge in [-0.3, -0.25) is 0 Å². The van der Waals surface area contributed by atoms with Crippen LogP contribution in [0.4, 0.5) is 0 Å². The summed E-state index contributed by atoms with van der Waals surface area (Å²) < 4.78 is 9.52. The molecule has 0 fully saturated rings. The minimum Gasteiger partial charge on any atom is -0.495 e. The predicted octanol–water partition coefficient (Wildman–Crippen LogP) is 0.846. The molecule has 0 heterocycles. The van der Waals surface area contributed by atoms with Crippen molar-refractivity contribution in [2.24, 2.45) is 0 Å². The summed E-state index contributed by atoms with van der Waals surface area (Å²) in [5.41, 5.74) is 0.456. The van der Waals surface area contributed by atoms with Crippen LogP contribution in [-0.2, 0) is 11.3 Å². The van der Waals surface area contributed by atoms with Crippen LogP contribution >= 0.6 is 0 Å². The van der Waals surface area contributed by atoms with Gasteiger partial charge in [-0.1, -0.05) is 6.07 Å². The predicted molar refractivity (Wildman–Crippen MR) is 55.0 cm³/mol. The van der Waals surface area contributed by atoms with E-state index in [1.165, 1.54) is 26.4 Å². The van der Waals surface area contributed by atoms with E-state index in [1.54, 1.807) is 0 Å². The minimum atomic E-state index is -0.667. The summed E-state index contributed by atoms with van der Waals surface area (Å²) in [6, 6.07) is 4.91. The number of carbonyl (C=O) groups excluding carboxylic acids is 1. The Morgan fingerprint density at radius 2 is 2.19 bits per heavy atom. The Hall–Kier alpha value is -2.06. The standard InChI is InChI=1S/C11H11NO4/c1-15-9-4-3-7(6-13)10(8(9)5-12)11(14)16-2/h3-4,13H,6H2,1-2H3. The van der Waals surface area contributed by atoms with Gasteiger partial charge in [-0.25, -0.2) is 4.79 Å². The Kier molecular flexibility index (Phi) is 3.86. The highest BCUT2D eigenvalue weighted by Crippen LogP contribution is 2.25. The third-order valence-electron chi connectivity index (χ3n) is 2.14. The fraction of sp³-hybridized carbons (Fsp3) is 0.273. The molecule has 0 aliphatic carbocycles. The Labute approximate surface area is 92.8 Å². The second-order valence-electron chi connectivity index (χ2n) is 2.94. The highest BCUT2D eigenvalue weighted by atomic mass is 16.5. The maximum Gasteiger partial charge on any atom is 0.339 e. The van der Waals surface area contributed by atoms with Crippen molar-refractivity contribution in [1.82, 2.24) is 0 Å². The number of hydrogen-bond donors (Lipinski definition) is 1. The van der Waals surface area contributed by atoms with Crippen molar-refractivity contribution in [1.29, 1.82) is 5.26 Å². The molecule has 0 aliphatic rings. The zero-order chi connectivity index (χ0) is 12.1. The number of rotatable bonds is 3. The lowest BCUT2D eigenvalue weighted by molar-refractivity contribution is 0.0596. The Bertz CT molecular complexity index is 448. The van der Waals surface area contributed by atoms with E-state index in [2.05, 4.69) is 4.74 Å². The number of carbonyl (C=O) groups is 1. The topological polar surface area (TPSA) is 79.6 Å². The first-order chi connectivity index (χ1) is 7.69. The summed E-state index contributed by atoms with van der Waals surface area (Å²) in [7, 11) is 2.61. The van der Waals surface area contributed by atoms with Crippen LogP contribution in [0.25, 0.3) is 0 Å². The first-order valence-electron chi connectivity index (χ1n) is 4.48. The van der Waals surface area contributed by atoms with Gasteiger partial charge in [0.2, 0.25) is 0 Å². The molecule has 0 spiro atoms. The van der Waals surface area contributed by atoms with E-state index >= 15 is 0 Å². The third-order valence-corrected chi connectivity index (χ3v) is 2.14. The van der Waals surface area contributed by atoms with Crippen molar-refractivity contribution >= 4 is 5.97 Å². The van der Waals surface area contributed by atoms with Crippen LogP contribution in [0.5, 0.6) is 5.75 Å². The van der Waals surface area contributed by atoms with Crippen LogP contribution in [-0.4, -0.2) is 25.3 Å². The van der Waals surface area contributed by atoms with Gasteiger partial charge in [-0.2, -0.15) is 5.26 Å². The molecule has 1 rings (SSSR count). The van der Waals surface area contributed by atoms with E-state index in [9.17, 15) is 4.79 Å². The summed E-state index contributed by atoms with van der Waals surface area (Å²) in [5.74, 6) is -0.389. The van der Waals surface area contributed by atoms with Crippen molar-refractivity contribution in [3.8, 4) is 11.8 Å². The molecule has 0 unspecified atom stereocenters. The lowest BCUT2D eigenvalue weighted by Crippen LogP contribution is -2.09. The highest BCUT2D eigenvalue weighted by Gasteiger charge is 2.20. The number of aliphatic hydroxyl groups excluding tert-OH is 1. The molecule has 0 saturated carbocycles. The number of esters is 1. The number of benzene rings is 1. The first kappa shape index (κ1) is 12.0. The maximum absolute atomic E-state index is 11.5. The Morgan fingerprint density at radius 1 is 1.50 bits per heavy atom. The SMILES string of the molecule is COC(=O)c1c(CO)ccc(OC)c1C#N. The molecule has 1 N–H and O–H groups in total. The van der Waals surface area contributed by atoms with Crippen molar-refractivity contribution in [3.05, 3.63) is 28.8 Å². The number of nitriles is 1. The Morgan fingerprint density at radius 3 is 2.62 bits per heavy atom. The Balaban J connectivity index is 3.50. The summed E-state index contributed by atoms with van der Waals surface area (Å²) in [6.07, 6.45) is 0. The third kappa shape index (κ3) is 1.97. The molecule has 0 aliphatic heterocycles. The van der Waals surface area contributed by atoms with Gasteiger partial charge in [0.15, 0.2) is 0 Å². The molecule has 16 heavy (non-hydrogen) atoms. The average Bonchev–Trinajstić information content (AvgIpc) is 2.35. The van der Waals surface area contributed by atoms with Crippen molar-refractivity contribution in [2.45, 2.75) is 6.61 Å². The van der Waals surface area contributed by atoms with Crippen LogP contribution in [0.2, 0.25) is 0 Å². The molecule has 5 nitrogen and oxygen atoms in total. The monoisotopic (exact) mass is 221 g/mol. The number of nitrogens with zero attached hydrogens (tertiary/aromatic N) is 1. The number of hydrogen-bond acceptors (Lipinski definition) is 5. The van der Waals surface area contributed by atoms with Crippen LogP contribution in [0, 0.1) is 11.3 Å². The van der Waals surface area contributed by atoms with E-state index < -0.39 is 5.97 Å². The molecule has 0 amide bonds. The molecular formula is C11H11NO4. The number of aliphatic hydroxyl groups is 1. The number of ether oxygens (including phenoxy) is 2. The van der Waals surface area contributed by atoms with E-state index in [-0.39, 0.29) is 23.5 Å². The largest absolute Gasteiger partial charge is 0.495 e. The van der Waals surface area contributed by atoms with Crippen LogP contribution in [0.3, 0.4) is 0 Å². The molecule has 0 saturated heterocycles. The van der Waals surface area contributed by atoms with Crippen molar-refractivity contribution < 1.29 is 19.4 Å². The quantitative estimate of drug-likeness (QED) is 0.765. The van der Waals surface area contributed by atoms with E-state index in [0.29, 0.717) is 5.56 Å². The average molecular weight is 221 g/mol. The van der Waals surface area contributed by atoms with E-state index in [4.69, 9.17) is 15.1 Å². The molecule has 0 radical (unpaired) electrons. The molecule has 5 heteroatoms. The lowest BCUT2D eigenvalue weighted by Gasteiger charge is -2.10. The second kappa shape index (κ2) is 5.14. The normalized spacial score (nSPS) is 9.38. The molecule has 1 aromatic carbocycles. The summed E-state index contributed by atoms with van der Waals surface area (Å²) in [6.45, 7) is -0.344. The van der Waals surface area contributed by atoms with Gasteiger partial charge in [0.05, 0.1) is 26.4 Å². The van der Waals surface area contributed by atoms with Gasteiger partial charge in [0.1, 0.15) is 17.4 Å². The molecule has 0 bridgehead atoms. The molecule has 0 aromatic heterocycles. The zero-order valence-electron chi connectivity index (χ0n) is 8.98. The van der Waals surface area contributed by atoms with Gasteiger partial charge >= 0.3 is 5.97 Å². The molecule has 0 atom stereocenters. The van der Waals surface area contributed by atoms with Gasteiger partial charge in [-0.15, -0.1) is 0 Å².